The van der Waals surface area contributed by atoms with E-state index in [2.05, 4.69) is 27.2 Å². The van der Waals surface area contributed by atoms with Crippen LogP contribution in [0.1, 0.15) is 17.7 Å². The number of hydrogen-bond acceptors (Lipinski definition) is 5. The van der Waals surface area contributed by atoms with E-state index < -0.39 is 10.0 Å². The van der Waals surface area contributed by atoms with Crippen molar-refractivity contribution in [3.05, 3.63) is 76.3 Å². The van der Waals surface area contributed by atoms with Gasteiger partial charge in [0, 0.05) is 16.9 Å². The lowest BCUT2D eigenvalue weighted by Gasteiger charge is -2.05. The van der Waals surface area contributed by atoms with Crippen LogP contribution >= 0.6 is 22.9 Å². The monoisotopic (exact) mass is 449 g/mol. The number of hydrogen-bond donors (Lipinski definition) is 2. The number of benzene rings is 2. The fraction of sp³-hybridized carbons (Fsp3) is 0.200. The fourth-order valence-electron chi connectivity index (χ4n) is 2.61. The number of nitrogens with zero attached hydrogens (tertiary/aromatic N) is 1. The quantitative estimate of drug-likeness (QED) is 0.485. The molecule has 0 fully saturated rings. The van der Waals surface area contributed by atoms with Crippen LogP contribution in [0.4, 0.5) is 5.13 Å². The topological polar surface area (TPSA) is 88.2 Å². The highest BCUT2D eigenvalue weighted by molar-refractivity contribution is 7.93. The predicted molar refractivity (Wildman–Crippen MR) is 116 cm³/mol. The molecule has 0 bridgehead atoms. The Hall–Kier alpha value is -2.42. The van der Waals surface area contributed by atoms with Crippen molar-refractivity contribution in [3.8, 4) is 0 Å². The lowest BCUT2D eigenvalue weighted by Crippen LogP contribution is -2.26. The van der Waals surface area contributed by atoms with Gasteiger partial charge in [-0.15, -0.1) is 11.3 Å². The second-order valence-corrected chi connectivity index (χ2v) is 9.30. The molecule has 3 aromatic rings. The molecule has 0 aliphatic carbocycles. The molecule has 1 aromatic heterocycles. The van der Waals surface area contributed by atoms with Gasteiger partial charge < -0.3 is 5.32 Å². The minimum atomic E-state index is -3.75. The molecule has 0 atom stereocenters. The summed E-state index contributed by atoms with van der Waals surface area (Å²) in [6, 6.07) is 15.9. The van der Waals surface area contributed by atoms with E-state index in [1.807, 2.05) is 18.2 Å². The first-order valence-corrected chi connectivity index (χ1v) is 11.7. The lowest BCUT2D eigenvalue weighted by atomic mass is 10.1. The van der Waals surface area contributed by atoms with Gasteiger partial charge in [-0.05, 0) is 42.7 Å². The Labute approximate surface area is 179 Å². The molecule has 6 nitrogen and oxygen atoms in total. The van der Waals surface area contributed by atoms with Crippen molar-refractivity contribution in [2.24, 2.45) is 0 Å². The second kappa shape index (κ2) is 9.87. The number of anilines is 1. The molecule has 0 aliphatic rings. The first-order chi connectivity index (χ1) is 13.9. The third kappa shape index (κ3) is 6.56. The highest BCUT2D eigenvalue weighted by atomic mass is 35.5. The maximum Gasteiger partial charge on any atom is 0.263 e. The molecule has 3 rings (SSSR count). The van der Waals surface area contributed by atoms with Crippen molar-refractivity contribution in [2.75, 3.05) is 11.3 Å². The van der Waals surface area contributed by atoms with Gasteiger partial charge in [-0.25, -0.2) is 13.4 Å². The van der Waals surface area contributed by atoms with Crippen molar-refractivity contribution >= 4 is 44.0 Å². The van der Waals surface area contributed by atoms with E-state index in [1.165, 1.54) is 29.8 Å². The predicted octanol–water partition coefficient (Wildman–Crippen LogP) is 3.89. The third-order valence-electron chi connectivity index (χ3n) is 4.05. The van der Waals surface area contributed by atoms with Crippen LogP contribution in [0.3, 0.4) is 0 Å². The molecule has 29 heavy (non-hydrogen) atoms. The Morgan fingerprint density at radius 1 is 1.07 bits per heavy atom. The van der Waals surface area contributed by atoms with Gasteiger partial charge in [0.15, 0.2) is 5.13 Å². The molecule has 0 unspecified atom stereocenters. The van der Waals surface area contributed by atoms with Crippen molar-refractivity contribution in [3.63, 3.8) is 0 Å². The number of carbonyl (C=O) groups excluding carboxylic acids is 1. The van der Waals surface area contributed by atoms with E-state index in [0.29, 0.717) is 17.3 Å². The number of sulfonamides is 1. The largest absolute Gasteiger partial charge is 0.356 e. The summed E-state index contributed by atoms with van der Waals surface area (Å²) in [5.41, 5.74) is 1.75. The van der Waals surface area contributed by atoms with Crippen LogP contribution in [0.2, 0.25) is 5.02 Å². The molecule has 1 amide bonds. The second-order valence-electron chi connectivity index (χ2n) is 6.32. The van der Waals surface area contributed by atoms with Gasteiger partial charge in [-0.2, -0.15) is 0 Å². The molecular formula is C20H20ClN3O3S2. The fourth-order valence-corrected chi connectivity index (χ4v) is 4.70. The maximum absolute atomic E-state index is 12.4. The van der Waals surface area contributed by atoms with Gasteiger partial charge in [0.05, 0.1) is 17.0 Å². The number of thiazole rings is 1. The average Bonchev–Trinajstić information content (AvgIpc) is 3.12. The molecule has 2 aromatic carbocycles. The zero-order chi connectivity index (χ0) is 20.7. The van der Waals surface area contributed by atoms with E-state index in [4.69, 9.17) is 11.6 Å². The summed E-state index contributed by atoms with van der Waals surface area (Å²) >= 11 is 6.92. The number of amides is 1. The third-order valence-corrected chi connectivity index (χ3v) is 6.59. The van der Waals surface area contributed by atoms with Crippen LogP contribution in [0, 0.1) is 0 Å². The van der Waals surface area contributed by atoms with Crippen molar-refractivity contribution in [1.29, 1.82) is 0 Å². The van der Waals surface area contributed by atoms with Gasteiger partial charge in [0.2, 0.25) is 5.91 Å². The van der Waals surface area contributed by atoms with Crippen LogP contribution in [0.5, 0.6) is 0 Å². The standard InChI is InChI=1S/C20H20ClN3O3S2/c21-16-8-10-18(11-9-16)29(26,27)24-20-23-17(14-28-20)13-19(25)22-12-4-7-15-5-2-1-3-6-15/h1-3,5-6,8-11,14H,4,7,12-13H2,(H,22,25)(H,23,24). The summed E-state index contributed by atoms with van der Waals surface area (Å²) in [5.74, 6) is -0.143. The van der Waals surface area contributed by atoms with Crippen molar-refractivity contribution in [1.82, 2.24) is 10.3 Å². The Balaban J connectivity index is 1.47. The molecule has 9 heteroatoms. The minimum Gasteiger partial charge on any atom is -0.356 e. The van der Waals surface area contributed by atoms with Crippen molar-refractivity contribution in [2.45, 2.75) is 24.2 Å². The Bertz CT molecular complexity index is 1050. The molecule has 2 N–H and O–H groups in total. The smallest absolute Gasteiger partial charge is 0.263 e. The number of carbonyl (C=O) groups is 1. The number of halogens is 1. The van der Waals surface area contributed by atoms with Gasteiger partial charge in [-0.3, -0.25) is 9.52 Å². The van der Waals surface area contributed by atoms with Crippen LogP contribution in [0.25, 0.3) is 0 Å². The zero-order valence-corrected chi connectivity index (χ0v) is 17.9. The molecular weight excluding hydrogens is 430 g/mol. The normalized spacial score (nSPS) is 11.2. The number of aromatic nitrogens is 1. The molecule has 0 saturated carbocycles. The molecule has 1 heterocycles. The Kier molecular flexibility index (Phi) is 7.24. The summed E-state index contributed by atoms with van der Waals surface area (Å²) in [6.45, 7) is 0.577. The maximum atomic E-state index is 12.4. The summed E-state index contributed by atoms with van der Waals surface area (Å²) in [6.07, 6.45) is 1.85. The van der Waals surface area contributed by atoms with E-state index in [0.717, 1.165) is 24.2 Å². The first-order valence-electron chi connectivity index (χ1n) is 8.96. The van der Waals surface area contributed by atoms with Crippen LogP contribution in [-0.2, 0) is 27.7 Å². The molecule has 0 aliphatic heterocycles. The zero-order valence-electron chi connectivity index (χ0n) is 15.5. The van der Waals surface area contributed by atoms with Crippen LogP contribution in [0.15, 0.2) is 64.9 Å². The van der Waals surface area contributed by atoms with E-state index >= 15 is 0 Å². The minimum absolute atomic E-state index is 0.0924. The molecule has 0 saturated heterocycles. The van der Waals surface area contributed by atoms with Gasteiger partial charge in [0.1, 0.15) is 0 Å². The summed E-state index contributed by atoms with van der Waals surface area (Å²) < 4.78 is 27.2. The molecule has 152 valence electrons. The van der Waals surface area contributed by atoms with Gasteiger partial charge in [0.25, 0.3) is 10.0 Å². The average molecular weight is 450 g/mol. The summed E-state index contributed by atoms with van der Waals surface area (Å²) in [5, 5.41) is 5.20. The van der Waals surface area contributed by atoms with E-state index in [1.54, 1.807) is 5.38 Å². The number of rotatable bonds is 9. The highest BCUT2D eigenvalue weighted by Crippen LogP contribution is 2.21. The highest BCUT2D eigenvalue weighted by Gasteiger charge is 2.16. The van der Waals surface area contributed by atoms with E-state index in [-0.39, 0.29) is 22.4 Å². The molecule has 0 spiro atoms. The number of aryl methyl sites for hydroxylation is 1. The Morgan fingerprint density at radius 2 is 1.79 bits per heavy atom. The van der Waals surface area contributed by atoms with Crippen molar-refractivity contribution < 1.29 is 13.2 Å². The SMILES string of the molecule is O=C(Cc1csc(NS(=O)(=O)c2ccc(Cl)cc2)n1)NCCCc1ccccc1. The first kappa shape index (κ1) is 21.3. The lowest BCUT2D eigenvalue weighted by molar-refractivity contribution is -0.120. The van der Waals surface area contributed by atoms with Crippen LogP contribution in [-0.4, -0.2) is 25.9 Å². The van der Waals surface area contributed by atoms with E-state index in [9.17, 15) is 13.2 Å². The van der Waals surface area contributed by atoms with Gasteiger partial charge in [-0.1, -0.05) is 41.9 Å². The number of nitrogens with one attached hydrogen (secondary N) is 2. The Morgan fingerprint density at radius 3 is 2.52 bits per heavy atom. The summed E-state index contributed by atoms with van der Waals surface area (Å²) in [7, 11) is -3.75. The summed E-state index contributed by atoms with van der Waals surface area (Å²) in [4.78, 5) is 16.4. The molecule has 0 radical (unpaired) electrons. The van der Waals surface area contributed by atoms with Gasteiger partial charge >= 0.3 is 0 Å². The van der Waals surface area contributed by atoms with Crippen LogP contribution < -0.4 is 10.0 Å².